The molecular weight excluding hydrogens is 307 g/mol. The van der Waals surface area contributed by atoms with Crippen LogP contribution in [0.4, 0.5) is 10.2 Å². The second-order valence-electron chi connectivity index (χ2n) is 5.82. The number of hydrogen-bond acceptors (Lipinski definition) is 4. The van der Waals surface area contributed by atoms with Crippen molar-refractivity contribution < 1.29 is 9.18 Å². The number of hydrogen-bond donors (Lipinski definition) is 2. The second-order valence-corrected chi connectivity index (χ2v) is 5.82. The molecule has 0 saturated heterocycles. The van der Waals surface area contributed by atoms with Crippen LogP contribution < -0.4 is 10.6 Å². The van der Waals surface area contributed by atoms with E-state index < -0.39 is 0 Å². The van der Waals surface area contributed by atoms with Gasteiger partial charge >= 0.3 is 0 Å². The summed E-state index contributed by atoms with van der Waals surface area (Å²) in [5.74, 6) is 0.299. The summed E-state index contributed by atoms with van der Waals surface area (Å²) in [6, 6.07) is 9.79. The number of benzene rings is 1. The van der Waals surface area contributed by atoms with Gasteiger partial charge in [-0.25, -0.2) is 9.37 Å². The molecule has 0 unspecified atom stereocenters. The number of carbonyl (C=O) groups is 1. The number of amides is 1. The summed E-state index contributed by atoms with van der Waals surface area (Å²) in [5.41, 5.74) is 1.49. The zero-order valence-corrected chi connectivity index (χ0v) is 14.1. The minimum atomic E-state index is -0.252. The topological polar surface area (TPSA) is 57.3 Å². The van der Waals surface area contributed by atoms with Crippen LogP contribution in [-0.2, 0) is 6.54 Å². The maximum atomic E-state index is 12.8. The van der Waals surface area contributed by atoms with Crippen molar-refractivity contribution in [1.82, 2.24) is 15.2 Å². The predicted octanol–water partition coefficient (Wildman–Crippen LogP) is 2.51. The average molecular weight is 330 g/mol. The van der Waals surface area contributed by atoms with Crippen LogP contribution in [0, 0.1) is 5.82 Å². The molecule has 0 atom stereocenters. The first-order valence-electron chi connectivity index (χ1n) is 7.92. The molecule has 24 heavy (non-hydrogen) atoms. The molecule has 2 aromatic rings. The van der Waals surface area contributed by atoms with Crippen LogP contribution >= 0.6 is 0 Å². The summed E-state index contributed by atoms with van der Waals surface area (Å²) in [7, 11) is 4.01. The number of aromatic nitrogens is 1. The monoisotopic (exact) mass is 330 g/mol. The van der Waals surface area contributed by atoms with Gasteiger partial charge in [0.15, 0.2) is 0 Å². The van der Waals surface area contributed by atoms with Gasteiger partial charge in [0.25, 0.3) is 5.91 Å². The molecule has 2 rings (SSSR count). The molecule has 1 heterocycles. The molecule has 2 N–H and O–H groups in total. The third-order valence-electron chi connectivity index (χ3n) is 3.48. The molecule has 128 valence electrons. The molecule has 1 aromatic carbocycles. The third kappa shape index (κ3) is 5.96. The van der Waals surface area contributed by atoms with Crippen molar-refractivity contribution in [1.29, 1.82) is 0 Å². The molecule has 0 radical (unpaired) electrons. The third-order valence-corrected chi connectivity index (χ3v) is 3.48. The van der Waals surface area contributed by atoms with Crippen molar-refractivity contribution >= 4 is 11.7 Å². The second kappa shape index (κ2) is 8.98. The van der Waals surface area contributed by atoms with E-state index >= 15 is 0 Å². The van der Waals surface area contributed by atoms with E-state index in [4.69, 9.17) is 0 Å². The van der Waals surface area contributed by atoms with Crippen molar-refractivity contribution in [2.75, 3.05) is 32.5 Å². The summed E-state index contributed by atoms with van der Waals surface area (Å²) in [6.45, 7) is 2.12. The normalized spacial score (nSPS) is 10.7. The Morgan fingerprint density at radius 1 is 1.17 bits per heavy atom. The van der Waals surface area contributed by atoms with Gasteiger partial charge in [-0.3, -0.25) is 4.79 Å². The first-order chi connectivity index (χ1) is 11.5. The Balaban J connectivity index is 1.79. The van der Waals surface area contributed by atoms with Crippen molar-refractivity contribution in [3.63, 3.8) is 0 Å². The number of anilines is 1. The minimum Gasteiger partial charge on any atom is -0.366 e. The molecule has 6 heteroatoms. The lowest BCUT2D eigenvalue weighted by Gasteiger charge is -2.10. The predicted molar refractivity (Wildman–Crippen MR) is 93.5 cm³/mol. The van der Waals surface area contributed by atoms with E-state index in [1.165, 1.54) is 12.1 Å². The van der Waals surface area contributed by atoms with Crippen molar-refractivity contribution in [3.8, 4) is 0 Å². The fourth-order valence-corrected chi connectivity index (χ4v) is 2.13. The lowest BCUT2D eigenvalue weighted by atomic mass is 10.2. The highest BCUT2D eigenvalue weighted by Gasteiger charge is 2.05. The molecule has 1 amide bonds. The van der Waals surface area contributed by atoms with Crippen LogP contribution in [0.2, 0.25) is 0 Å². The van der Waals surface area contributed by atoms with E-state index in [0.29, 0.717) is 24.5 Å². The van der Waals surface area contributed by atoms with E-state index in [-0.39, 0.29) is 11.7 Å². The first-order valence-corrected chi connectivity index (χ1v) is 7.92. The maximum Gasteiger partial charge on any atom is 0.252 e. The lowest BCUT2D eigenvalue weighted by molar-refractivity contribution is 0.0952. The SMILES string of the molecule is CN(C)CCCNC(=O)c1ccc(NCc2ccc(F)cc2)nc1. The van der Waals surface area contributed by atoms with Crippen molar-refractivity contribution in [2.45, 2.75) is 13.0 Å². The Bertz CT molecular complexity index is 641. The Kier molecular flexibility index (Phi) is 6.69. The molecule has 0 bridgehead atoms. The Hall–Kier alpha value is -2.47. The summed E-state index contributed by atoms with van der Waals surface area (Å²) in [5, 5.41) is 6.02. The van der Waals surface area contributed by atoms with Crippen LogP contribution in [0.3, 0.4) is 0 Å². The highest BCUT2D eigenvalue weighted by molar-refractivity contribution is 5.94. The van der Waals surface area contributed by atoms with Gasteiger partial charge in [0, 0.05) is 19.3 Å². The standard InChI is InChI=1S/C18H23FN4O/c1-23(2)11-3-10-20-18(24)15-6-9-17(22-13-15)21-12-14-4-7-16(19)8-5-14/h4-9,13H,3,10-12H2,1-2H3,(H,20,24)(H,21,22). The highest BCUT2D eigenvalue weighted by Crippen LogP contribution is 2.08. The van der Waals surface area contributed by atoms with E-state index in [2.05, 4.69) is 20.5 Å². The van der Waals surface area contributed by atoms with E-state index in [1.807, 2.05) is 14.1 Å². The summed E-state index contributed by atoms with van der Waals surface area (Å²) in [4.78, 5) is 18.3. The van der Waals surface area contributed by atoms with Gasteiger partial charge in [0.2, 0.25) is 0 Å². The molecule has 0 saturated carbocycles. The molecule has 0 aliphatic heterocycles. The molecule has 0 aliphatic rings. The lowest BCUT2D eigenvalue weighted by Crippen LogP contribution is -2.27. The molecule has 0 spiro atoms. The van der Waals surface area contributed by atoms with E-state index in [0.717, 1.165) is 18.5 Å². The number of rotatable bonds is 8. The quantitative estimate of drug-likeness (QED) is 0.730. The smallest absolute Gasteiger partial charge is 0.252 e. The largest absolute Gasteiger partial charge is 0.366 e. The van der Waals surface area contributed by atoms with E-state index in [9.17, 15) is 9.18 Å². The Morgan fingerprint density at radius 2 is 1.92 bits per heavy atom. The summed E-state index contributed by atoms with van der Waals surface area (Å²) >= 11 is 0. The van der Waals surface area contributed by atoms with Gasteiger partial charge < -0.3 is 15.5 Å². The summed E-state index contributed by atoms with van der Waals surface area (Å²) < 4.78 is 12.8. The van der Waals surface area contributed by atoms with Crippen LogP contribution in [0.1, 0.15) is 22.3 Å². The van der Waals surface area contributed by atoms with Gasteiger partial charge in [-0.1, -0.05) is 12.1 Å². The van der Waals surface area contributed by atoms with Crippen LogP contribution in [0.15, 0.2) is 42.6 Å². The van der Waals surface area contributed by atoms with Gasteiger partial charge in [-0.15, -0.1) is 0 Å². The van der Waals surface area contributed by atoms with Gasteiger partial charge in [-0.05, 0) is 56.9 Å². The van der Waals surface area contributed by atoms with Crippen molar-refractivity contribution in [3.05, 3.63) is 59.5 Å². The zero-order valence-electron chi connectivity index (χ0n) is 14.1. The molecule has 5 nitrogen and oxygen atoms in total. The number of nitrogens with zero attached hydrogens (tertiary/aromatic N) is 2. The highest BCUT2D eigenvalue weighted by atomic mass is 19.1. The molecule has 0 fully saturated rings. The van der Waals surface area contributed by atoms with Crippen LogP contribution in [0.25, 0.3) is 0 Å². The Labute approximate surface area is 141 Å². The Morgan fingerprint density at radius 3 is 2.54 bits per heavy atom. The molecular formula is C18H23FN4O. The number of pyridine rings is 1. The number of halogens is 1. The minimum absolute atomic E-state index is 0.119. The van der Waals surface area contributed by atoms with Gasteiger partial charge in [0.05, 0.1) is 5.56 Å². The fourth-order valence-electron chi connectivity index (χ4n) is 2.13. The summed E-state index contributed by atoms with van der Waals surface area (Å²) in [6.07, 6.45) is 2.46. The number of nitrogens with one attached hydrogen (secondary N) is 2. The average Bonchev–Trinajstić information content (AvgIpc) is 2.58. The fraction of sp³-hybridized carbons (Fsp3) is 0.333. The van der Waals surface area contributed by atoms with Gasteiger partial charge in [-0.2, -0.15) is 0 Å². The molecule has 1 aromatic heterocycles. The van der Waals surface area contributed by atoms with E-state index in [1.54, 1.807) is 30.5 Å². The molecule has 0 aliphatic carbocycles. The first kappa shape index (κ1) is 17.9. The van der Waals surface area contributed by atoms with Gasteiger partial charge in [0.1, 0.15) is 11.6 Å². The van der Waals surface area contributed by atoms with Crippen molar-refractivity contribution in [2.24, 2.45) is 0 Å². The van der Waals surface area contributed by atoms with Crippen LogP contribution in [0.5, 0.6) is 0 Å². The zero-order chi connectivity index (χ0) is 17.4. The van der Waals surface area contributed by atoms with Crippen LogP contribution in [-0.4, -0.2) is 43.0 Å². The maximum absolute atomic E-state index is 12.8. The number of carbonyl (C=O) groups excluding carboxylic acids is 1.